The fraction of sp³-hybridized carbons (Fsp3) is 0.842. The molecule has 1 saturated heterocycles. The van der Waals surface area contributed by atoms with Gasteiger partial charge in [0.2, 0.25) is 5.91 Å². The Morgan fingerprint density at radius 2 is 1.86 bits per heavy atom. The van der Waals surface area contributed by atoms with Crippen LogP contribution in [0.2, 0.25) is 0 Å². The molecule has 1 aliphatic rings. The number of aliphatic imine (C=N–C) groups is 1. The molecule has 0 spiro atoms. The van der Waals surface area contributed by atoms with Gasteiger partial charge in [0, 0.05) is 40.7 Å². The third-order valence-electron chi connectivity index (χ3n) is 4.35. The van der Waals surface area contributed by atoms with Crippen molar-refractivity contribution in [1.29, 1.82) is 0 Å². The highest BCUT2D eigenvalue weighted by molar-refractivity contribution is 5.81. The van der Waals surface area contributed by atoms with Crippen molar-refractivity contribution in [3.05, 3.63) is 0 Å². The zero-order chi connectivity index (χ0) is 21.7. The predicted octanol–water partition coefficient (Wildman–Crippen LogP) is 1.39. The van der Waals surface area contributed by atoms with Crippen molar-refractivity contribution in [2.45, 2.75) is 71.4 Å². The van der Waals surface area contributed by atoms with Gasteiger partial charge in [-0.1, -0.05) is 0 Å². The molecular formula is C19H37N5O4. The lowest BCUT2D eigenvalue weighted by Crippen LogP contribution is -2.54. The summed E-state index contributed by atoms with van der Waals surface area (Å²) in [5.74, 6) is 0.603. The summed E-state index contributed by atoms with van der Waals surface area (Å²) in [4.78, 5) is 31.8. The van der Waals surface area contributed by atoms with Crippen LogP contribution in [0.25, 0.3) is 0 Å². The number of ether oxygens (including phenoxy) is 2. The number of hydrogen-bond donors (Lipinski definition) is 2. The molecule has 1 heterocycles. The van der Waals surface area contributed by atoms with Crippen molar-refractivity contribution in [3.8, 4) is 0 Å². The highest BCUT2D eigenvalue weighted by atomic mass is 16.6. The number of carbonyl (C=O) groups excluding carboxylic acids is 2. The molecule has 9 nitrogen and oxygen atoms in total. The molecule has 28 heavy (non-hydrogen) atoms. The average molecular weight is 400 g/mol. The first kappa shape index (κ1) is 24.0. The van der Waals surface area contributed by atoms with Crippen LogP contribution in [-0.2, 0) is 14.3 Å². The van der Waals surface area contributed by atoms with Crippen molar-refractivity contribution < 1.29 is 19.1 Å². The van der Waals surface area contributed by atoms with Gasteiger partial charge in [0.15, 0.2) is 5.96 Å². The first-order valence-corrected chi connectivity index (χ1v) is 9.63. The number of carbonyl (C=O) groups is 2. The molecule has 0 aromatic heterocycles. The van der Waals surface area contributed by atoms with Crippen molar-refractivity contribution >= 4 is 18.0 Å². The van der Waals surface area contributed by atoms with Crippen LogP contribution < -0.4 is 10.6 Å². The van der Waals surface area contributed by atoms with Crippen LogP contribution in [-0.4, -0.2) is 85.5 Å². The largest absolute Gasteiger partial charge is 0.444 e. The molecule has 1 rings (SSSR count). The highest BCUT2D eigenvalue weighted by Gasteiger charge is 2.49. The second-order valence-electron chi connectivity index (χ2n) is 8.61. The Kier molecular flexibility index (Phi) is 8.10. The van der Waals surface area contributed by atoms with E-state index in [9.17, 15) is 9.59 Å². The zero-order valence-corrected chi connectivity index (χ0v) is 18.8. The Morgan fingerprint density at radius 1 is 1.25 bits per heavy atom. The van der Waals surface area contributed by atoms with Gasteiger partial charge in [0.05, 0.1) is 12.1 Å². The van der Waals surface area contributed by atoms with Crippen LogP contribution in [0.1, 0.15) is 48.0 Å². The van der Waals surface area contributed by atoms with Crippen LogP contribution >= 0.6 is 0 Å². The molecule has 1 aliphatic heterocycles. The summed E-state index contributed by atoms with van der Waals surface area (Å²) >= 11 is 0. The maximum atomic E-state index is 12.8. The molecule has 0 aromatic carbocycles. The van der Waals surface area contributed by atoms with Crippen molar-refractivity contribution in [3.63, 3.8) is 0 Å². The summed E-state index contributed by atoms with van der Waals surface area (Å²) in [5, 5.41) is 6.33. The van der Waals surface area contributed by atoms with E-state index in [1.54, 1.807) is 30.9 Å². The van der Waals surface area contributed by atoms with E-state index in [2.05, 4.69) is 15.6 Å². The summed E-state index contributed by atoms with van der Waals surface area (Å²) in [7, 11) is 5.11. The summed E-state index contributed by atoms with van der Waals surface area (Å²) in [5.41, 5.74) is -1.36. The molecule has 0 aromatic rings. The van der Waals surface area contributed by atoms with E-state index >= 15 is 0 Å². The zero-order valence-electron chi connectivity index (χ0n) is 18.8. The molecule has 0 saturated carbocycles. The smallest absolute Gasteiger partial charge is 0.412 e. The van der Waals surface area contributed by atoms with Crippen LogP contribution in [0.5, 0.6) is 0 Å². The molecule has 0 aliphatic carbocycles. The standard InChI is InChI=1S/C19H37N5O4/c1-13-14(12-22-16(20-7)21-11-10-15(25)23(8)9)24(19(5,6)27-13)17(26)28-18(2,3)4/h13-14H,10-12H2,1-9H3,(H2,20,21,22). The van der Waals surface area contributed by atoms with Gasteiger partial charge in [0.1, 0.15) is 11.3 Å². The molecule has 2 amide bonds. The number of guanidine groups is 1. The Balaban J connectivity index is 2.72. The molecule has 2 N–H and O–H groups in total. The minimum Gasteiger partial charge on any atom is -0.444 e. The molecule has 2 unspecified atom stereocenters. The molecule has 2 atom stereocenters. The molecule has 1 fully saturated rings. The minimum absolute atomic E-state index is 0.0404. The quantitative estimate of drug-likeness (QED) is 0.536. The molecule has 0 radical (unpaired) electrons. The van der Waals surface area contributed by atoms with Gasteiger partial charge in [0.25, 0.3) is 0 Å². The van der Waals surface area contributed by atoms with Crippen molar-refractivity contribution in [2.75, 3.05) is 34.2 Å². The Hall–Kier alpha value is -2.03. The second-order valence-corrected chi connectivity index (χ2v) is 8.61. The van der Waals surface area contributed by atoms with Gasteiger partial charge in [-0.2, -0.15) is 0 Å². The number of nitrogens with one attached hydrogen (secondary N) is 2. The number of rotatable bonds is 5. The van der Waals surface area contributed by atoms with E-state index in [0.717, 1.165) is 0 Å². The number of hydrogen-bond acceptors (Lipinski definition) is 5. The van der Waals surface area contributed by atoms with Crippen LogP contribution in [0, 0.1) is 0 Å². The lowest BCUT2D eigenvalue weighted by atomic mass is 10.1. The second kappa shape index (κ2) is 9.45. The minimum atomic E-state index is -0.775. The van der Waals surface area contributed by atoms with Crippen LogP contribution in [0.3, 0.4) is 0 Å². The maximum Gasteiger partial charge on any atom is 0.412 e. The van der Waals surface area contributed by atoms with E-state index in [-0.39, 0.29) is 18.1 Å². The van der Waals surface area contributed by atoms with E-state index < -0.39 is 17.4 Å². The van der Waals surface area contributed by atoms with E-state index in [4.69, 9.17) is 9.47 Å². The van der Waals surface area contributed by atoms with Crippen LogP contribution in [0.4, 0.5) is 4.79 Å². The summed E-state index contributed by atoms with van der Waals surface area (Å²) in [6.07, 6.45) is -0.218. The topological polar surface area (TPSA) is 95.5 Å². The molecular weight excluding hydrogens is 362 g/mol. The molecule has 9 heteroatoms. The summed E-state index contributed by atoms with van der Waals surface area (Å²) in [6.45, 7) is 12.1. The predicted molar refractivity (Wildman–Crippen MR) is 109 cm³/mol. The fourth-order valence-electron chi connectivity index (χ4n) is 3.06. The van der Waals surface area contributed by atoms with Gasteiger partial charge < -0.3 is 25.0 Å². The molecule has 162 valence electrons. The maximum absolute atomic E-state index is 12.8. The lowest BCUT2D eigenvalue weighted by molar-refractivity contribution is -0.128. The third kappa shape index (κ3) is 6.85. The summed E-state index contributed by atoms with van der Waals surface area (Å²) in [6, 6.07) is -0.230. The normalized spacial score (nSPS) is 22.0. The SMILES string of the molecule is CN=C(NCCC(=O)N(C)C)NCC1C(C)OC(C)(C)N1C(=O)OC(C)(C)C. The van der Waals surface area contributed by atoms with Gasteiger partial charge >= 0.3 is 6.09 Å². The van der Waals surface area contributed by atoms with Crippen molar-refractivity contribution in [1.82, 2.24) is 20.4 Å². The van der Waals surface area contributed by atoms with Gasteiger partial charge in [-0.05, 0) is 41.5 Å². The third-order valence-corrected chi connectivity index (χ3v) is 4.35. The highest BCUT2D eigenvalue weighted by Crippen LogP contribution is 2.33. The fourth-order valence-corrected chi connectivity index (χ4v) is 3.06. The monoisotopic (exact) mass is 399 g/mol. The van der Waals surface area contributed by atoms with Gasteiger partial charge in [-0.3, -0.25) is 14.7 Å². The first-order chi connectivity index (χ1) is 12.8. The summed E-state index contributed by atoms with van der Waals surface area (Å²) < 4.78 is 11.6. The Labute approximate surface area is 168 Å². The molecule has 0 bridgehead atoms. The average Bonchev–Trinajstić information content (AvgIpc) is 2.76. The van der Waals surface area contributed by atoms with Gasteiger partial charge in [-0.15, -0.1) is 0 Å². The lowest BCUT2D eigenvalue weighted by Gasteiger charge is -2.35. The van der Waals surface area contributed by atoms with Gasteiger partial charge in [-0.25, -0.2) is 4.79 Å². The first-order valence-electron chi connectivity index (χ1n) is 9.63. The van der Waals surface area contributed by atoms with Crippen molar-refractivity contribution in [2.24, 2.45) is 4.99 Å². The number of nitrogens with zero attached hydrogens (tertiary/aromatic N) is 3. The van der Waals surface area contributed by atoms with E-state index in [1.165, 1.54) is 0 Å². The van der Waals surface area contributed by atoms with E-state index in [0.29, 0.717) is 25.5 Å². The Morgan fingerprint density at radius 3 is 2.36 bits per heavy atom. The Bertz CT molecular complexity index is 583. The number of amides is 2. The van der Waals surface area contributed by atoms with Crippen LogP contribution in [0.15, 0.2) is 4.99 Å². The van der Waals surface area contributed by atoms with E-state index in [1.807, 2.05) is 41.5 Å².